The number of benzene rings is 2. The van der Waals surface area contributed by atoms with Gasteiger partial charge in [0.2, 0.25) is 5.91 Å². The number of fused-ring (bicyclic) bond motifs is 3. The molecule has 3 N–H and O–H groups in total. The average Bonchev–Trinajstić information content (AvgIpc) is 3.46. The molecule has 1 saturated carbocycles. The Morgan fingerprint density at radius 2 is 1.88 bits per heavy atom. The van der Waals surface area contributed by atoms with Crippen molar-refractivity contribution in [1.29, 1.82) is 0 Å². The first-order valence-electron chi connectivity index (χ1n) is 13.1. The Kier molecular flexibility index (Phi) is 6.80. The van der Waals surface area contributed by atoms with Crippen LogP contribution >= 0.6 is 0 Å². The molecule has 0 aliphatic heterocycles. The lowest BCUT2D eigenvalue weighted by molar-refractivity contribution is -0.122. The third-order valence-electron chi connectivity index (χ3n) is 7.75. The fourth-order valence-electron chi connectivity index (χ4n) is 5.89. The molecule has 0 saturated heterocycles. The molecule has 2 amide bonds. The monoisotopic (exact) mass is 563 g/mol. The third-order valence-corrected chi connectivity index (χ3v) is 7.75. The number of hydrogen-bond donors (Lipinski definition) is 2. The van der Waals surface area contributed by atoms with Crippen LogP contribution in [-0.4, -0.2) is 26.6 Å². The van der Waals surface area contributed by atoms with Crippen LogP contribution in [0.4, 0.5) is 17.6 Å². The van der Waals surface area contributed by atoms with Crippen molar-refractivity contribution in [1.82, 2.24) is 20.1 Å². The third kappa shape index (κ3) is 5.19. The van der Waals surface area contributed by atoms with Gasteiger partial charge in [0.1, 0.15) is 30.7 Å². The number of primary amides is 1. The number of amides is 2. The van der Waals surface area contributed by atoms with E-state index in [9.17, 15) is 27.2 Å². The second-order valence-electron chi connectivity index (χ2n) is 10.5. The van der Waals surface area contributed by atoms with Crippen LogP contribution in [0.5, 0.6) is 0 Å². The molecule has 2 unspecified atom stereocenters. The smallest absolute Gasteiger partial charge is 0.251 e. The Morgan fingerprint density at radius 1 is 1.10 bits per heavy atom. The molecule has 6 rings (SSSR count). The van der Waals surface area contributed by atoms with E-state index in [1.54, 1.807) is 12.1 Å². The Balaban J connectivity index is 1.35. The van der Waals surface area contributed by atoms with Crippen molar-refractivity contribution >= 4 is 11.8 Å². The number of rotatable bonds is 9. The van der Waals surface area contributed by atoms with Gasteiger partial charge in [-0.3, -0.25) is 19.3 Å². The highest BCUT2D eigenvalue weighted by Gasteiger charge is 2.49. The molecule has 2 aliphatic carbocycles. The minimum atomic E-state index is -0.952. The van der Waals surface area contributed by atoms with Crippen LogP contribution in [-0.2, 0) is 30.9 Å². The quantitative estimate of drug-likeness (QED) is 0.289. The topological polar surface area (TPSA) is 103 Å². The summed E-state index contributed by atoms with van der Waals surface area (Å²) >= 11 is 0. The van der Waals surface area contributed by atoms with Gasteiger partial charge in [-0.25, -0.2) is 17.6 Å². The highest BCUT2D eigenvalue weighted by molar-refractivity contribution is 5.94. The fraction of sp³-hybridized carbons (Fsp3) is 0.267. The van der Waals surface area contributed by atoms with Crippen LogP contribution in [0.2, 0.25) is 0 Å². The van der Waals surface area contributed by atoms with Gasteiger partial charge in [0.05, 0.1) is 23.0 Å². The maximum atomic E-state index is 14.2. The molecule has 2 aromatic heterocycles. The molecule has 3 atom stereocenters. The fourth-order valence-corrected chi connectivity index (χ4v) is 5.89. The van der Waals surface area contributed by atoms with Gasteiger partial charge in [-0.2, -0.15) is 5.10 Å². The zero-order valence-electron chi connectivity index (χ0n) is 21.7. The van der Waals surface area contributed by atoms with E-state index in [0.29, 0.717) is 34.4 Å². The van der Waals surface area contributed by atoms with Crippen molar-refractivity contribution in [3.63, 3.8) is 0 Å². The Labute approximate surface area is 232 Å². The minimum Gasteiger partial charge on any atom is -0.366 e. The predicted octanol–water partition coefficient (Wildman–Crippen LogP) is 4.69. The second-order valence-corrected chi connectivity index (χ2v) is 10.5. The summed E-state index contributed by atoms with van der Waals surface area (Å²) < 4.78 is 57.5. The molecule has 11 heteroatoms. The summed E-state index contributed by atoms with van der Waals surface area (Å²) in [5.41, 5.74) is 8.60. The molecule has 7 nitrogen and oxygen atoms in total. The zero-order valence-corrected chi connectivity index (χ0v) is 21.7. The predicted molar refractivity (Wildman–Crippen MR) is 141 cm³/mol. The molecule has 2 aromatic carbocycles. The summed E-state index contributed by atoms with van der Waals surface area (Å²) in [5.74, 6) is -2.98. The van der Waals surface area contributed by atoms with E-state index in [2.05, 4.69) is 15.4 Å². The summed E-state index contributed by atoms with van der Waals surface area (Å²) in [7, 11) is 0. The van der Waals surface area contributed by atoms with Gasteiger partial charge in [0.25, 0.3) is 5.91 Å². The first kappa shape index (κ1) is 26.7. The Morgan fingerprint density at radius 3 is 2.61 bits per heavy atom. The van der Waals surface area contributed by atoms with E-state index >= 15 is 0 Å². The summed E-state index contributed by atoms with van der Waals surface area (Å²) in [6, 6.07) is 9.32. The van der Waals surface area contributed by atoms with E-state index in [0.717, 1.165) is 48.4 Å². The van der Waals surface area contributed by atoms with Gasteiger partial charge >= 0.3 is 0 Å². The molecule has 1 fully saturated rings. The summed E-state index contributed by atoms with van der Waals surface area (Å²) in [4.78, 5) is 29.6. The van der Waals surface area contributed by atoms with Gasteiger partial charge in [-0.15, -0.1) is 0 Å². The SMILES string of the molecule is NC(=O)c1cc(-c2cccnc2[C@H](Cc2cc(F)cc(F)c2)NC(=O)Cn2nc(CF)c3c2CC2CC32)ccc1F. The lowest BCUT2D eigenvalue weighted by Crippen LogP contribution is -2.34. The summed E-state index contributed by atoms with van der Waals surface area (Å²) in [5, 5.41) is 7.24. The molecule has 0 radical (unpaired) electrons. The van der Waals surface area contributed by atoms with Gasteiger partial charge in [0.15, 0.2) is 0 Å². The van der Waals surface area contributed by atoms with E-state index in [1.165, 1.54) is 23.0 Å². The molecule has 2 heterocycles. The van der Waals surface area contributed by atoms with Crippen LogP contribution in [0.15, 0.2) is 54.7 Å². The van der Waals surface area contributed by atoms with Crippen LogP contribution in [0, 0.1) is 23.4 Å². The Hall–Kier alpha value is -4.54. The largest absolute Gasteiger partial charge is 0.366 e. The number of aromatic nitrogens is 3. The van der Waals surface area contributed by atoms with Gasteiger partial charge in [0, 0.05) is 29.1 Å². The number of alkyl halides is 1. The van der Waals surface area contributed by atoms with Crippen LogP contribution in [0.1, 0.15) is 56.9 Å². The van der Waals surface area contributed by atoms with Crippen LogP contribution < -0.4 is 11.1 Å². The van der Waals surface area contributed by atoms with Gasteiger partial charge in [-0.1, -0.05) is 12.1 Å². The van der Waals surface area contributed by atoms with Crippen molar-refractivity contribution in [2.24, 2.45) is 11.7 Å². The van der Waals surface area contributed by atoms with Crippen molar-refractivity contribution in [3.8, 4) is 11.1 Å². The van der Waals surface area contributed by atoms with Gasteiger partial charge < -0.3 is 11.1 Å². The molecule has 4 aromatic rings. The number of nitrogens with two attached hydrogens (primary N) is 1. The molecule has 210 valence electrons. The van der Waals surface area contributed by atoms with Crippen LogP contribution in [0.25, 0.3) is 11.1 Å². The second kappa shape index (κ2) is 10.5. The molecule has 41 heavy (non-hydrogen) atoms. The zero-order chi connectivity index (χ0) is 28.8. The van der Waals surface area contributed by atoms with Crippen molar-refractivity contribution in [2.45, 2.75) is 44.4 Å². The summed E-state index contributed by atoms with van der Waals surface area (Å²) in [6.07, 6.45) is 3.20. The number of nitrogens with zero attached hydrogens (tertiary/aromatic N) is 3. The number of carbonyl (C=O) groups excluding carboxylic acids is 2. The number of carbonyl (C=O) groups is 2. The first-order valence-corrected chi connectivity index (χ1v) is 13.1. The number of nitrogens with one attached hydrogen (secondary N) is 1. The normalized spacial score (nSPS) is 17.6. The Bertz CT molecular complexity index is 1670. The molecule has 0 spiro atoms. The first-order chi connectivity index (χ1) is 19.7. The standard InChI is InChI=1S/C30H25F4N5O2/c31-13-25-28-21-10-17(21)11-26(28)39(38-25)14-27(40)37-24(8-15-6-18(32)12-19(33)7-15)29-20(2-1-5-36-29)16-3-4-23(34)22(9-16)30(35)41/h1-7,9,12,17,21,24H,8,10-11,13-14H2,(H2,35,41)(H,37,40)/t17?,21?,24-/m0/s1. The van der Waals surface area contributed by atoms with E-state index < -0.39 is 42.0 Å². The molecular weight excluding hydrogens is 538 g/mol. The van der Waals surface area contributed by atoms with E-state index in [4.69, 9.17) is 5.73 Å². The number of halogens is 4. The van der Waals surface area contributed by atoms with Gasteiger partial charge in [-0.05, 0) is 72.6 Å². The lowest BCUT2D eigenvalue weighted by Gasteiger charge is -2.22. The summed E-state index contributed by atoms with van der Waals surface area (Å²) in [6.45, 7) is -0.892. The molecule has 2 aliphatic rings. The van der Waals surface area contributed by atoms with E-state index in [-0.39, 0.29) is 24.1 Å². The van der Waals surface area contributed by atoms with Crippen LogP contribution in [0.3, 0.4) is 0 Å². The molecule has 0 bridgehead atoms. The lowest BCUT2D eigenvalue weighted by atomic mass is 9.94. The van der Waals surface area contributed by atoms with Crippen molar-refractivity contribution in [2.75, 3.05) is 0 Å². The van der Waals surface area contributed by atoms with Crippen molar-refractivity contribution < 1.29 is 27.2 Å². The maximum absolute atomic E-state index is 14.2. The highest BCUT2D eigenvalue weighted by atomic mass is 19.1. The van der Waals surface area contributed by atoms with Crippen molar-refractivity contribution in [3.05, 3.63) is 106 Å². The average molecular weight is 564 g/mol. The molecular formula is C30H25F4N5O2. The minimum absolute atomic E-state index is 0.0363. The van der Waals surface area contributed by atoms with E-state index in [1.807, 2.05) is 0 Å². The number of pyridine rings is 1. The number of hydrogen-bond acceptors (Lipinski definition) is 4. The maximum Gasteiger partial charge on any atom is 0.251 e. The highest BCUT2D eigenvalue weighted by Crippen LogP contribution is 2.57.